The zero-order chi connectivity index (χ0) is 6.97. The third-order valence-electron chi connectivity index (χ3n) is 2.66. The number of nitrogens with zero attached hydrogens (tertiary/aromatic N) is 1. The van der Waals surface area contributed by atoms with Gasteiger partial charge >= 0.3 is 0 Å². The first kappa shape index (κ1) is 6.62. The van der Waals surface area contributed by atoms with E-state index in [1.165, 1.54) is 38.8 Å². The topological polar surface area (TPSA) is 29.3 Å². The maximum absolute atomic E-state index is 5.76. The fourth-order valence-corrected chi connectivity index (χ4v) is 1.87. The molecule has 0 aromatic carbocycles. The maximum Gasteiger partial charge on any atom is 0.0263 e. The van der Waals surface area contributed by atoms with E-state index in [1.54, 1.807) is 0 Å². The van der Waals surface area contributed by atoms with Gasteiger partial charge in [-0.15, -0.1) is 0 Å². The Bertz CT molecular complexity index is 118. The summed E-state index contributed by atoms with van der Waals surface area (Å²) in [5.41, 5.74) is 5.76. The number of hydrogen-bond acceptors (Lipinski definition) is 2. The molecule has 0 amide bonds. The molecule has 2 nitrogen and oxygen atoms in total. The first-order chi connectivity index (χ1) is 4.88. The van der Waals surface area contributed by atoms with Crippen LogP contribution in [0.2, 0.25) is 0 Å². The molecule has 2 fully saturated rings. The second-order valence-electron chi connectivity index (χ2n) is 3.56. The van der Waals surface area contributed by atoms with E-state index in [-0.39, 0.29) is 0 Å². The molecule has 0 aromatic rings. The van der Waals surface area contributed by atoms with E-state index in [9.17, 15) is 0 Å². The molecule has 1 aliphatic heterocycles. The van der Waals surface area contributed by atoms with Crippen LogP contribution >= 0.6 is 0 Å². The average Bonchev–Trinajstić information content (AvgIpc) is 2.69. The van der Waals surface area contributed by atoms with Gasteiger partial charge in [-0.2, -0.15) is 0 Å². The standard InChI is InChI=1S/C8H16N2/c9-7-6-8(7)10-4-2-1-3-5-10/h7-8H,1-6,9H2. The van der Waals surface area contributed by atoms with Crippen molar-refractivity contribution < 1.29 is 0 Å². The Morgan fingerprint density at radius 2 is 1.70 bits per heavy atom. The van der Waals surface area contributed by atoms with Gasteiger partial charge in [-0.3, -0.25) is 4.90 Å². The molecule has 10 heavy (non-hydrogen) atoms. The van der Waals surface area contributed by atoms with Crippen LogP contribution in [0.4, 0.5) is 0 Å². The Kier molecular flexibility index (Phi) is 1.66. The van der Waals surface area contributed by atoms with Gasteiger partial charge in [0.2, 0.25) is 0 Å². The lowest BCUT2D eigenvalue weighted by atomic mass is 10.1. The lowest BCUT2D eigenvalue weighted by molar-refractivity contribution is 0.216. The first-order valence-electron chi connectivity index (χ1n) is 4.37. The van der Waals surface area contributed by atoms with E-state index in [4.69, 9.17) is 5.73 Å². The van der Waals surface area contributed by atoms with Gasteiger partial charge in [-0.1, -0.05) is 6.42 Å². The van der Waals surface area contributed by atoms with Crippen LogP contribution in [0.15, 0.2) is 0 Å². The number of piperidine rings is 1. The lowest BCUT2D eigenvalue weighted by Gasteiger charge is -2.26. The van der Waals surface area contributed by atoms with Crippen molar-refractivity contribution in [2.45, 2.75) is 37.8 Å². The predicted molar refractivity (Wildman–Crippen MR) is 41.8 cm³/mol. The van der Waals surface area contributed by atoms with Gasteiger partial charge in [-0.25, -0.2) is 0 Å². The van der Waals surface area contributed by atoms with Crippen LogP contribution in [0.3, 0.4) is 0 Å². The summed E-state index contributed by atoms with van der Waals surface area (Å²) in [6, 6.07) is 1.28. The van der Waals surface area contributed by atoms with Gasteiger partial charge in [0.25, 0.3) is 0 Å². The Morgan fingerprint density at radius 1 is 1.10 bits per heavy atom. The summed E-state index contributed by atoms with van der Waals surface area (Å²) < 4.78 is 0. The van der Waals surface area contributed by atoms with E-state index in [1.807, 2.05) is 0 Å². The monoisotopic (exact) mass is 140 g/mol. The molecule has 58 valence electrons. The van der Waals surface area contributed by atoms with Crippen LogP contribution in [0.1, 0.15) is 25.7 Å². The van der Waals surface area contributed by atoms with Crippen molar-refractivity contribution >= 4 is 0 Å². The molecule has 0 spiro atoms. The summed E-state index contributed by atoms with van der Waals surface area (Å²) in [6.45, 7) is 2.61. The van der Waals surface area contributed by atoms with Gasteiger partial charge in [-0.05, 0) is 32.4 Å². The molecule has 2 atom stereocenters. The zero-order valence-corrected chi connectivity index (χ0v) is 6.42. The van der Waals surface area contributed by atoms with Crippen molar-refractivity contribution in [1.82, 2.24) is 4.90 Å². The Balaban J connectivity index is 1.81. The highest BCUT2D eigenvalue weighted by Gasteiger charge is 2.38. The van der Waals surface area contributed by atoms with Crippen molar-refractivity contribution in [3.05, 3.63) is 0 Å². The van der Waals surface area contributed by atoms with Gasteiger partial charge < -0.3 is 5.73 Å². The SMILES string of the molecule is NC1CC1N1CCCCC1. The molecule has 2 unspecified atom stereocenters. The van der Waals surface area contributed by atoms with Crippen LogP contribution in [0.25, 0.3) is 0 Å². The predicted octanol–water partition coefficient (Wildman–Crippen LogP) is 0.572. The highest BCUT2D eigenvalue weighted by Crippen LogP contribution is 2.28. The molecule has 2 rings (SSSR count). The van der Waals surface area contributed by atoms with Crippen molar-refractivity contribution in [2.75, 3.05) is 13.1 Å². The summed E-state index contributed by atoms with van der Waals surface area (Å²) in [4.78, 5) is 2.56. The average molecular weight is 140 g/mol. The van der Waals surface area contributed by atoms with Crippen molar-refractivity contribution in [3.63, 3.8) is 0 Å². The molecule has 0 radical (unpaired) electrons. The first-order valence-corrected chi connectivity index (χ1v) is 4.37. The highest BCUT2D eigenvalue weighted by molar-refractivity contribution is 4.99. The molecule has 1 aliphatic carbocycles. The van der Waals surface area contributed by atoms with Crippen LogP contribution < -0.4 is 5.73 Å². The fraction of sp³-hybridized carbons (Fsp3) is 1.00. The van der Waals surface area contributed by atoms with Gasteiger partial charge in [0.05, 0.1) is 0 Å². The number of hydrogen-bond donors (Lipinski definition) is 1. The van der Waals surface area contributed by atoms with Gasteiger partial charge in [0.1, 0.15) is 0 Å². The second kappa shape index (κ2) is 2.51. The molecular weight excluding hydrogens is 124 g/mol. The van der Waals surface area contributed by atoms with E-state index < -0.39 is 0 Å². The zero-order valence-electron chi connectivity index (χ0n) is 6.42. The molecule has 1 heterocycles. The van der Waals surface area contributed by atoms with Crippen LogP contribution in [-0.2, 0) is 0 Å². The summed E-state index contributed by atoms with van der Waals surface area (Å²) in [5.74, 6) is 0. The Hall–Kier alpha value is -0.0800. The van der Waals surface area contributed by atoms with Crippen molar-refractivity contribution in [3.8, 4) is 0 Å². The molecular formula is C8H16N2. The summed E-state index contributed by atoms with van der Waals surface area (Å²) in [6.07, 6.45) is 5.46. The summed E-state index contributed by atoms with van der Waals surface area (Å²) >= 11 is 0. The minimum absolute atomic E-state index is 0.512. The third kappa shape index (κ3) is 1.18. The second-order valence-corrected chi connectivity index (χ2v) is 3.56. The van der Waals surface area contributed by atoms with E-state index in [0.29, 0.717) is 6.04 Å². The smallest absolute Gasteiger partial charge is 0.0263 e. The minimum Gasteiger partial charge on any atom is -0.326 e. The van der Waals surface area contributed by atoms with E-state index >= 15 is 0 Å². The molecule has 1 saturated carbocycles. The van der Waals surface area contributed by atoms with E-state index in [2.05, 4.69) is 4.90 Å². The number of nitrogens with two attached hydrogens (primary N) is 1. The summed E-state index contributed by atoms with van der Waals surface area (Å²) in [5, 5.41) is 0. The summed E-state index contributed by atoms with van der Waals surface area (Å²) in [7, 11) is 0. The van der Waals surface area contributed by atoms with Crippen LogP contribution in [0, 0.1) is 0 Å². The van der Waals surface area contributed by atoms with Crippen molar-refractivity contribution in [2.24, 2.45) is 5.73 Å². The molecule has 2 N–H and O–H groups in total. The lowest BCUT2D eigenvalue weighted by Crippen LogP contribution is -2.34. The van der Waals surface area contributed by atoms with Gasteiger partial charge in [0.15, 0.2) is 0 Å². The molecule has 1 saturated heterocycles. The molecule has 2 heteroatoms. The van der Waals surface area contributed by atoms with Crippen molar-refractivity contribution in [1.29, 1.82) is 0 Å². The maximum atomic E-state index is 5.76. The van der Waals surface area contributed by atoms with Gasteiger partial charge in [0, 0.05) is 12.1 Å². The van der Waals surface area contributed by atoms with E-state index in [0.717, 1.165) is 6.04 Å². The fourth-order valence-electron chi connectivity index (χ4n) is 1.87. The third-order valence-corrected chi connectivity index (χ3v) is 2.66. The quantitative estimate of drug-likeness (QED) is 0.577. The van der Waals surface area contributed by atoms with Crippen LogP contribution in [0.5, 0.6) is 0 Å². The minimum atomic E-state index is 0.512. The largest absolute Gasteiger partial charge is 0.326 e. The normalized spacial score (nSPS) is 41.7. The highest BCUT2D eigenvalue weighted by atomic mass is 15.2. The molecule has 0 bridgehead atoms. The van der Waals surface area contributed by atoms with Crippen LogP contribution in [-0.4, -0.2) is 30.1 Å². The number of likely N-dealkylation sites (tertiary alicyclic amines) is 1. The molecule has 2 aliphatic rings. The Morgan fingerprint density at radius 3 is 2.20 bits per heavy atom. The Labute approximate surface area is 62.4 Å². The molecule has 0 aromatic heterocycles. The number of rotatable bonds is 1.